The van der Waals surface area contributed by atoms with Gasteiger partial charge in [0.1, 0.15) is 0 Å². The van der Waals surface area contributed by atoms with E-state index in [4.69, 9.17) is 4.74 Å². The number of carbonyl (C=O) groups is 3. The molecule has 0 unspecified atom stereocenters. The summed E-state index contributed by atoms with van der Waals surface area (Å²) in [5, 5.41) is 5.40. The van der Waals surface area contributed by atoms with Gasteiger partial charge in [-0.1, -0.05) is 60.2 Å². The number of ether oxygens (including phenoxy) is 1. The molecule has 0 heterocycles. The standard InChI is InChI=1S/C24H22N2O4/c1-17-11-13-19(14-12-17)25-23(28)16-30-24(29)20-9-5-6-10-21(20)26-22(27)15-18-7-3-2-4-8-18/h2-14H,15-16H2,1H3,(H,25,28)(H,26,27). The third-order valence-electron chi connectivity index (χ3n) is 4.30. The third kappa shape index (κ3) is 6.04. The fourth-order valence-electron chi connectivity index (χ4n) is 2.79. The molecule has 0 saturated carbocycles. The second-order valence-electron chi connectivity index (χ2n) is 6.75. The van der Waals surface area contributed by atoms with Crippen LogP contribution < -0.4 is 10.6 Å². The van der Waals surface area contributed by atoms with Crippen LogP contribution in [0, 0.1) is 6.92 Å². The van der Waals surface area contributed by atoms with Gasteiger partial charge in [0.15, 0.2) is 6.61 Å². The molecule has 0 aliphatic carbocycles. The van der Waals surface area contributed by atoms with E-state index in [0.29, 0.717) is 11.4 Å². The van der Waals surface area contributed by atoms with E-state index in [1.165, 1.54) is 0 Å². The van der Waals surface area contributed by atoms with Crippen LogP contribution >= 0.6 is 0 Å². The normalized spacial score (nSPS) is 10.2. The van der Waals surface area contributed by atoms with Crippen LogP contribution in [0.3, 0.4) is 0 Å². The molecule has 0 atom stereocenters. The zero-order valence-electron chi connectivity index (χ0n) is 16.6. The number of rotatable bonds is 7. The SMILES string of the molecule is Cc1ccc(NC(=O)COC(=O)c2ccccc2NC(=O)Cc2ccccc2)cc1. The smallest absolute Gasteiger partial charge is 0.340 e. The molecule has 0 aromatic heterocycles. The zero-order chi connectivity index (χ0) is 21.3. The number of hydrogen-bond acceptors (Lipinski definition) is 4. The fourth-order valence-corrected chi connectivity index (χ4v) is 2.79. The molecule has 0 aliphatic rings. The molecule has 2 amide bonds. The quantitative estimate of drug-likeness (QED) is 0.586. The first kappa shape index (κ1) is 20.8. The van der Waals surface area contributed by atoms with Gasteiger partial charge in [0.05, 0.1) is 17.7 Å². The van der Waals surface area contributed by atoms with Crippen LogP contribution in [0.4, 0.5) is 11.4 Å². The van der Waals surface area contributed by atoms with E-state index in [1.807, 2.05) is 49.4 Å². The lowest BCUT2D eigenvalue weighted by molar-refractivity contribution is -0.119. The maximum Gasteiger partial charge on any atom is 0.340 e. The molecule has 0 aliphatic heterocycles. The summed E-state index contributed by atoms with van der Waals surface area (Å²) in [4.78, 5) is 36.8. The summed E-state index contributed by atoms with van der Waals surface area (Å²) in [7, 11) is 0. The van der Waals surface area contributed by atoms with Crippen molar-refractivity contribution < 1.29 is 19.1 Å². The molecule has 2 N–H and O–H groups in total. The molecule has 6 heteroatoms. The molecule has 3 rings (SSSR count). The zero-order valence-corrected chi connectivity index (χ0v) is 16.6. The van der Waals surface area contributed by atoms with Crippen LogP contribution in [0.1, 0.15) is 21.5 Å². The van der Waals surface area contributed by atoms with Crippen molar-refractivity contribution in [2.24, 2.45) is 0 Å². The average molecular weight is 402 g/mol. The van der Waals surface area contributed by atoms with Crippen molar-refractivity contribution in [2.75, 3.05) is 17.2 Å². The topological polar surface area (TPSA) is 84.5 Å². The second kappa shape index (κ2) is 10.0. The van der Waals surface area contributed by atoms with Gasteiger partial charge in [-0.25, -0.2) is 4.79 Å². The Morgan fingerprint density at radius 2 is 1.43 bits per heavy atom. The highest BCUT2D eigenvalue weighted by atomic mass is 16.5. The van der Waals surface area contributed by atoms with E-state index in [1.54, 1.807) is 36.4 Å². The molecular formula is C24H22N2O4. The van der Waals surface area contributed by atoms with Crippen molar-refractivity contribution in [1.82, 2.24) is 0 Å². The molecule has 152 valence electrons. The lowest BCUT2D eigenvalue weighted by atomic mass is 10.1. The van der Waals surface area contributed by atoms with Crippen molar-refractivity contribution in [2.45, 2.75) is 13.3 Å². The number of aryl methyl sites for hydroxylation is 1. The molecule has 0 spiro atoms. The van der Waals surface area contributed by atoms with Gasteiger partial charge < -0.3 is 15.4 Å². The number of esters is 1. The van der Waals surface area contributed by atoms with Crippen molar-refractivity contribution in [3.63, 3.8) is 0 Å². The predicted molar refractivity (Wildman–Crippen MR) is 115 cm³/mol. The summed E-state index contributed by atoms with van der Waals surface area (Å²) in [5.41, 5.74) is 3.08. The van der Waals surface area contributed by atoms with Crippen molar-refractivity contribution in [3.05, 3.63) is 95.6 Å². The second-order valence-corrected chi connectivity index (χ2v) is 6.75. The third-order valence-corrected chi connectivity index (χ3v) is 4.30. The highest BCUT2D eigenvalue weighted by Crippen LogP contribution is 2.17. The van der Waals surface area contributed by atoms with E-state index in [2.05, 4.69) is 10.6 Å². The predicted octanol–water partition coefficient (Wildman–Crippen LogP) is 3.97. The van der Waals surface area contributed by atoms with Crippen molar-refractivity contribution in [1.29, 1.82) is 0 Å². The number of amides is 2. The van der Waals surface area contributed by atoms with Gasteiger partial charge in [-0.3, -0.25) is 9.59 Å². The molecule has 0 fully saturated rings. The van der Waals surface area contributed by atoms with Crippen LogP contribution in [0.2, 0.25) is 0 Å². The Balaban J connectivity index is 1.57. The Hall–Kier alpha value is -3.93. The average Bonchev–Trinajstić information content (AvgIpc) is 2.75. The minimum atomic E-state index is -0.690. The molecule has 0 bridgehead atoms. The summed E-state index contributed by atoms with van der Waals surface area (Å²) >= 11 is 0. The Kier molecular flexibility index (Phi) is 6.95. The van der Waals surface area contributed by atoms with Crippen LogP contribution in [0.25, 0.3) is 0 Å². The maximum atomic E-state index is 12.5. The Morgan fingerprint density at radius 1 is 0.767 bits per heavy atom. The summed E-state index contributed by atoms with van der Waals surface area (Å²) in [6.07, 6.45) is 0.184. The number of benzene rings is 3. The van der Waals surface area contributed by atoms with Crippen LogP contribution in [-0.4, -0.2) is 24.4 Å². The van der Waals surface area contributed by atoms with E-state index in [-0.39, 0.29) is 17.9 Å². The molecule has 3 aromatic carbocycles. The van der Waals surface area contributed by atoms with Gasteiger partial charge in [-0.15, -0.1) is 0 Å². The summed E-state index contributed by atoms with van der Waals surface area (Å²) in [6, 6.07) is 23.1. The number of anilines is 2. The maximum absolute atomic E-state index is 12.5. The first-order chi connectivity index (χ1) is 14.5. The monoisotopic (exact) mass is 402 g/mol. The number of carbonyl (C=O) groups excluding carboxylic acids is 3. The van der Waals surface area contributed by atoms with Gasteiger partial charge >= 0.3 is 5.97 Å². The van der Waals surface area contributed by atoms with Crippen LogP contribution in [-0.2, 0) is 20.7 Å². The molecular weight excluding hydrogens is 380 g/mol. The van der Waals surface area contributed by atoms with Gasteiger partial charge in [0.2, 0.25) is 5.91 Å². The van der Waals surface area contributed by atoms with Crippen LogP contribution in [0.15, 0.2) is 78.9 Å². The highest BCUT2D eigenvalue weighted by molar-refractivity contribution is 6.02. The minimum absolute atomic E-state index is 0.182. The number of para-hydroxylation sites is 1. The Labute approximate surface area is 174 Å². The molecule has 0 radical (unpaired) electrons. The van der Waals surface area contributed by atoms with Gasteiger partial charge in [0.25, 0.3) is 5.91 Å². The summed E-state index contributed by atoms with van der Waals surface area (Å²) in [5.74, 6) is -1.39. The van der Waals surface area contributed by atoms with E-state index in [0.717, 1.165) is 11.1 Å². The van der Waals surface area contributed by atoms with Gasteiger partial charge in [0, 0.05) is 5.69 Å². The minimum Gasteiger partial charge on any atom is -0.452 e. The molecule has 0 saturated heterocycles. The largest absolute Gasteiger partial charge is 0.452 e. The Bertz CT molecular complexity index is 1030. The lowest BCUT2D eigenvalue weighted by Crippen LogP contribution is -2.22. The highest BCUT2D eigenvalue weighted by Gasteiger charge is 2.16. The van der Waals surface area contributed by atoms with Gasteiger partial charge in [-0.05, 0) is 36.8 Å². The summed E-state index contributed by atoms with van der Waals surface area (Å²) in [6.45, 7) is 1.52. The molecule has 3 aromatic rings. The fraction of sp³-hybridized carbons (Fsp3) is 0.125. The van der Waals surface area contributed by atoms with E-state index >= 15 is 0 Å². The van der Waals surface area contributed by atoms with Gasteiger partial charge in [-0.2, -0.15) is 0 Å². The van der Waals surface area contributed by atoms with Crippen LogP contribution in [0.5, 0.6) is 0 Å². The summed E-state index contributed by atoms with van der Waals surface area (Å²) < 4.78 is 5.12. The van der Waals surface area contributed by atoms with Crippen molar-refractivity contribution >= 4 is 29.2 Å². The Morgan fingerprint density at radius 3 is 2.17 bits per heavy atom. The van der Waals surface area contributed by atoms with Crippen molar-refractivity contribution in [3.8, 4) is 0 Å². The number of hydrogen-bond donors (Lipinski definition) is 2. The molecule has 6 nitrogen and oxygen atoms in total. The first-order valence-corrected chi connectivity index (χ1v) is 9.48. The first-order valence-electron chi connectivity index (χ1n) is 9.48. The number of nitrogens with one attached hydrogen (secondary N) is 2. The lowest BCUT2D eigenvalue weighted by Gasteiger charge is -2.11. The molecule has 30 heavy (non-hydrogen) atoms. The van der Waals surface area contributed by atoms with E-state index < -0.39 is 18.5 Å². The van der Waals surface area contributed by atoms with E-state index in [9.17, 15) is 14.4 Å².